The second-order valence-electron chi connectivity index (χ2n) is 7.55. The van der Waals surface area contributed by atoms with Crippen molar-refractivity contribution in [1.82, 2.24) is 10.2 Å². The van der Waals surface area contributed by atoms with E-state index in [0.29, 0.717) is 16.7 Å². The molecule has 0 aliphatic rings. The number of carbonyl (C=O) groups is 2. The number of hydrogen-bond acceptors (Lipinski definition) is 4. The van der Waals surface area contributed by atoms with Crippen molar-refractivity contribution >= 4 is 43.5 Å². The summed E-state index contributed by atoms with van der Waals surface area (Å²) in [7, 11) is -3.75. The first-order valence-electron chi connectivity index (χ1n) is 10.5. The maximum Gasteiger partial charge on any atom is 0.244 e. The molecule has 0 unspecified atom stereocenters. The number of amides is 2. The molecule has 0 saturated heterocycles. The topological polar surface area (TPSA) is 86.8 Å². The van der Waals surface area contributed by atoms with Gasteiger partial charge >= 0.3 is 0 Å². The number of nitrogens with zero attached hydrogens (tertiary/aromatic N) is 2. The first-order valence-corrected chi connectivity index (χ1v) is 13.1. The minimum atomic E-state index is -3.75. The average molecular weight is 524 g/mol. The Bertz CT molecular complexity index is 1010. The van der Waals surface area contributed by atoms with E-state index >= 15 is 0 Å². The van der Waals surface area contributed by atoms with Crippen LogP contribution in [0.1, 0.15) is 32.3 Å². The molecule has 9 heteroatoms. The van der Waals surface area contributed by atoms with Crippen LogP contribution in [0.3, 0.4) is 0 Å². The second-order valence-corrected chi connectivity index (χ2v) is 10.3. The second kappa shape index (κ2) is 12.0. The highest BCUT2D eigenvalue weighted by atomic mass is 79.9. The van der Waals surface area contributed by atoms with E-state index in [1.807, 2.05) is 37.3 Å². The third kappa shape index (κ3) is 7.34. The summed E-state index contributed by atoms with van der Waals surface area (Å²) in [4.78, 5) is 27.5. The van der Waals surface area contributed by atoms with Gasteiger partial charge in [-0.2, -0.15) is 0 Å². The lowest BCUT2D eigenvalue weighted by atomic mass is 10.1. The summed E-state index contributed by atoms with van der Waals surface area (Å²) in [5.74, 6) is -0.734. The Balaban J connectivity index is 2.33. The predicted octanol–water partition coefficient (Wildman–Crippen LogP) is 3.55. The Morgan fingerprint density at radius 3 is 2.28 bits per heavy atom. The fourth-order valence-corrected chi connectivity index (χ4v) is 4.63. The molecule has 0 aromatic heterocycles. The lowest BCUT2D eigenvalue weighted by Gasteiger charge is -2.31. The molecule has 174 valence electrons. The molecule has 2 aromatic rings. The summed E-state index contributed by atoms with van der Waals surface area (Å²) in [6.07, 6.45) is 2.84. The SMILES string of the molecule is CCCCNC(=O)[C@H](C)N(Cc1ccccc1)C(=O)CN(c1ccccc1Br)S(C)(=O)=O. The summed E-state index contributed by atoms with van der Waals surface area (Å²) in [5, 5.41) is 2.86. The number of carbonyl (C=O) groups excluding carboxylic acids is 2. The normalized spacial score (nSPS) is 12.1. The molecule has 0 fully saturated rings. The Morgan fingerprint density at radius 1 is 1.06 bits per heavy atom. The monoisotopic (exact) mass is 523 g/mol. The molecule has 0 radical (unpaired) electrons. The van der Waals surface area contributed by atoms with Gasteiger partial charge in [-0.05, 0) is 47.0 Å². The first-order chi connectivity index (χ1) is 15.1. The van der Waals surface area contributed by atoms with E-state index in [0.717, 1.165) is 29.0 Å². The number of rotatable bonds is 11. The van der Waals surface area contributed by atoms with Crippen molar-refractivity contribution in [3.63, 3.8) is 0 Å². The maximum atomic E-state index is 13.4. The molecular weight excluding hydrogens is 494 g/mol. The van der Waals surface area contributed by atoms with Gasteiger partial charge in [0.25, 0.3) is 0 Å². The number of anilines is 1. The molecule has 0 heterocycles. The van der Waals surface area contributed by atoms with E-state index in [4.69, 9.17) is 0 Å². The summed E-state index contributed by atoms with van der Waals surface area (Å²) >= 11 is 3.36. The van der Waals surface area contributed by atoms with Crippen LogP contribution in [-0.2, 0) is 26.2 Å². The van der Waals surface area contributed by atoms with Crippen molar-refractivity contribution in [2.75, 3.05) is 23.7 Å². The maximum absolute atomic E-state index is 13.4. The van der Waals surface area contributed by atoms with Crippen molar-refractivity contribution < 1.29 is 18.0 Å². The highest BCUT2D eigenvalue weighted by Crippen LogP contribution is 2.28. The smallest absolute Gasteiger partial charge is 0.244 e. The fraction of sp³-hybridized carbons (Fsp3) is 0.391. The quantitative estimate of drug-likeness (QED) is 0.456. The molecule has 2 amide bonds. The number of benzene rings is 2. The highest BCUT2D eigenvalue weighted by Gasteiger charge is 2.30. The van der Waals surface area contributed by atoms with Crippen molar-refractivity contribution in [2.45, 2.75) is 39.3 Å². The molecule has 32 heavy (non-hydrogen) atoms. The van der Waals surface area contributed by atoms with E-state index in [-0.39, 0.29) is 12.5 Å². The van der Waals surface area contributed by atoms with Gasteiger partial charge in [-0.3, -0.25) is 13.9 Å². The average Bonchev–Trinajstić information content (AvgIpc) is 2.76. The van der Waals surface area contributed by atoms with E-state index < -0.39 is 28.5 Å². The van der Waals surface area contributed by atoms with Gasteiger partial charge in [-0.15, -0.1) is 0 Å². The van der Waals surface area contributed by atoms with Crippen molar-refractivity contribution in [2.24, 2.45) is 0 Å². The van der Waals surface area contributed by atoms with E-state index in [2.05, 4.69) is 21.2 Å². The Morgan fingerprint density at radius 2 is 1.69 bits per heavy atom. The fourth-order valence-electron chi connectivity index (χ4n) is 3.15. The van der Waals surface area contributed by atoms with Gasteiger partial charge in [0.1, 0.15) is 12.6 Å². The largest absolute Gasteiger partial charge is 0.354 e. The number of nitrogens with one attached hydrogen (secondary N) is 1. The molecule has 1 N–H and O–H groups in total. The van der Waals surface area contributed by atoms with Gasteiger partial charge in [0.2, 0.25) is 21.8 Å². The van der Waals surface area contributed by atoms with Gasteiger partial charge < -0.3 is 10.2 Å². The molecule has 2 rings (SSSR count). The van der Waals surface area contributed by atoms with Crippen LogP contribution in [0.25, 0.3) is 0 Å². The molecule has 0 aliphatic carbocycles. The summed E-state index contributed by atoms with van der Waals surface area (Å²) < 4.78 is 26.7. The van der Waals surface area contributed by atoms with Crippen LogP contribution in [0.15, 0.2) is 59.1 Å². The van der Waals surface area contributed by atoms with Crippen LogP contribution in [0.5, 0.6) is 0 Å². The van der Waals surface area contributed by atoms with E-state index in [1.165, 1.54) is 4.90 Å². The minimum Gasteiger partial charge on any atom is -0.354 e. The number of hydrogen-bond donors (Lipinski definition) is 1. The molecule has 0 bridgehead atoms. The van der Waals surface area contributed by atoms with Crippen LogP contribution >= 0.6 is 15.9 Å². The van der Waals surface area contributed by atoms with Crippen LogP contribution in [0.4, 0.5) is 5.69 Å². The molecule has 2 aromatic carbocycles. The number of unbranched alkanes of at least 4 members (excludes halogenated alkanes) is 1. The minimum absolute atomic E-state index is 0.190. The van der Waals surface area contributed by atoms with Crippen LogP contribution in [0.2, 0.25) is 0 Å². The van der Waals surface area contributed by atoms with Gasteiger partial charge in [0, 0.05) is 17.6 Å². The van der Waals surface area contributed by atoms with Gasteiger partial charge in [-0.1, -0.05) is 55.8 Å². The number of sulfonamides is 1. The lowest BCUT2D eigenvalue weighted by molar-refractivity contribution is -0.139. The Kier molecular flexibility index (Phi) is 9.71. The van der Waals surface area contributed by atoms with Crippen molar-refractivity contribution in [3.05, 3.63) is 64.6 Å². The molecule has 0 saturated carbocycles. The third-order valence-corrected chi connectivity index (χ3v) is 6.79. The van der Waals surface area contributed by atoms with Crippen LogP contribution < -0.4 is 9.62 Å². The van der Waals surface area contributed by atoms with E-state index in [1.54, 1.807) is 31.2 Å². The predicted molar refractivity (Wildman–Crippen MR) is 131 cm³/mol. The van der Waals surface area contributed by atoms with Crippen molar-refractivity contribution in [1.29, 1.82) is 0 Å². The van der Waals surface area contributed by atoms with Crippen LogP contribution in [0, 0.1) is 0 Å². The van der Waals surface area contributed by atoms with Gasteiger partial charge in [0.05, 0.1) is 11.9 Å². The number of halogens is 1. The summed E-state index contributed by atoms with van der Waals surface area (Å²) in [6, 6.07) is 15.4. The zero-order valence-electron chi connectivity index (χ0n) is 18.6. The third-order valence-electron chi connectivity index (χ3n) is 4.99. The van der Waals surface area contributed by atoms with Gasteiger partial charge in [-0.25, -0.2) is 8.42 Å². The Hall–Kier alpha value is -2.39. The van der Waals surface area contributed by atoms with Crippen LogP contribution in [-0.4, -0.2) is 50.5 Å². The zero-order valence-corrected chi connectivity index (χ0v) is 21.0. The first kappa shape index (κ1) is 25.9. The van der Waals surface area contributed by atoms with Crippen molar-refractivity contribution in [3.8, 4) is 0 Å². The zero-order chi connectivity index (χ0) is 23.7. The van der Waals surface area contributed by atoms with E-state index in [9.17, 15) is 18.0 Å². The Labute approximate surface area is 199 Å². The summed E-state index contributed by atoms with van der Waals surface area (Å²) in [6.45, 7) is 3.99. The highest BCUT2D eigenvalue weighted by molar-refractivity contribution is 9.10. The molecule has 7 nitrogen and oxygen atoms in total. The standard InChI is InChI=1S/C23H30BrN3O4S/c1-4-5-15-25-23(29)18(2)26(16-19-11-7-6-8-12-19)22(28)17-27(32(3,30)31)21-14-10-9-13-20(21)24/h6-14,18H,4-5,15-17H2,1-3H3,(H,25,29)/t18-/m0/s1. The summed E-state index contributed by atoms with van der Waals surface area (Å²) in [5.41, 5.74) is 1.21. The number of para-hydroxylation sites is 1. The molecular formula is C23H30BrN3O4S. The lowest BCUT2D eigenvalue weighted by Crippen LogP contribution is -2.51. The molecule has 0 spiro atoms. The molecule has 0 aliphatic heterocycles. The molecule has 1 atom stereocenters. The van der Waals surface area contributed by atoms with Gasteiger partial charge in [0.15, 0.2) is 0 Å².